The second-order valence-corrected chi connectivity index (χ2v) is 18.8. The molecule has 1 N–H and O–H groups in total. The first-order valence-corrected chi connectivity index (χ1v) is 22.7. The first kappa shape index (κ1) is 40.9. The normalized spacial score (nSPS) is 20.5. The molecule has 0 radical (unpaired) electrons. The summed E-state index contributed by atoms with van der Waals surface area (Å²) in [6, 6.07) is 14.6. The first-order chi connectivity index (χ1) is 30.6. The fraction of sp³-hybridized carbons (Fsp3) is 0.413. The molecule has 7 heterocycles. The predicted molar refractivity (Wildman–Crippen MR) is 236 cm³/mol. The Hall–Kier alpha value is -6.18. The lowest BCUT2D eigenvalue weighted by Crippen LogP contribution is -2.51. The van der Waals surface area contributed by atoms with Crippen molar-refractivity contribution in [2.24, 2.45) is 10.4 Å². The van der Waals surface area contributed by atoms with Gasteiger partial charge in [-0.3, -0.25) is 14.4 Å². The highest BCUT2D eigenvalue weighted by atomic mass is 35.5. The lowest BCUT2D eigenvalue weighted by atomic mass is 9.61. The number of ether oxygens (including phenoxy) is 2. The molecule has 322 valence electrons. The number of nitriles is 1. The number of fused-ring (bicyclic) bond motifs is 3. The van der Waals surface area contributed by atoms with Gasteiger partial charge in [0.25, 0.3) is 5.91 Å². The molecule has 10 rings (SSSR count). The van der Waals surface area contributed by atoms with Crippen molar-refractivity contribution >= 4 is 40.4 Å². The first-order valence-electron chi connectivity index (χ1n) is 21.5. The maximum atomic E-state index is 13.1. The number of halogens is 1. The number of hydrogen-bond acceptors (Lipinski definition) is 14. The number of anilines is 1. The van der Waals surface area contributed by atoms with Crippen molar-refractivity contribution in [3.05, 3.63) is 117 Å². The van der Waals surface area contributed by atoms with E-state index in [0.717, 1.165) is 104 Å². The zero-order valence-corrected chi connectivity index (χ0v) is 36.8. The molecule has 2 aliphatic carbocycles. The van der Waals surface area contributed by atoms with E-state index in [0.29, 0.717) is 40.2 Å². The number of aromatic nitrogens is 7. The molecule has 6 aromatic rings. The van der Waals surface area contributed by atoms with Gasteiger partial charge in [0, 0.05) is 53.5 Å². The number of nitrogens with one attached hydrogen (secondary N) is 1. The molecule has 1 spiro atoms. The molecular weight excluding hydrogens is 838 g/mol. The largest absolute Gasteiger partial charge is 0.490 e. The Bertz CT molecular complexity index is 2700. The highest BCUT2D eigenvalue weighted by Crippen LogP contribution is 2.50. The van der Waals surface area contributed by atoms with Gasteiger partial charge in [-0.05, 0) is 113 Å². The van der Waals surface area contributed by atoms with Gasteiger partial charge in [0.05, 0.1) is 35.0 Å². The second kappa shape index (κ2) is 16.8. The number of amides is 1. The molecule has 1 atom stereocenters. The molecule has 1 amide bonds. The summed E-state index contributed by atoms with van der Waals surface area (Å²) < 4.78 is 20.3. The third-order valence-corrected chi connectivity index (χ3v) is 14.6. The Morgan fingerprint density at radius 3 is 2.51 bits per heavy atom. The topological polar surface area (TPSA) is 182 Å². The van der Waals surface area contributed by atoms with Gasteiger partial charge in [0.15, 0.2) is 23.2 Å². The van der Waals surface area contributed by atoms with Crippen molar-refractivity contribution in [1.29, 1.82) is 5.26 Å². The molecule has 1 saturated heterocycles. The van der Waals surface area contributed by atoms with Crippen molar-refractivity contribution in [2.75, 3.05) is 18.0 Å². The van der Waals surface area contributed by atoms with Gasteiger partial charge < -0.3 is 24.1 Å². The molecule has 0 unspecified atom stereocenters. The number of carbonyl (C=O) groups is 1. The molecule has 0 bridgehead atoms. The Kier molecular flexibility index (Phi) is 10.9. The minimum Gasteiger partial charge on any atom is -0.490 e. The van der Waals surface area contributed by atoms with Gasteiger partial charge in [0.2, 0.25) is 5.88 Å². The molecule has 1 aromatic carbocycles. The molecule has 63 heavy (non-hydrogen) atoms. The van der Waals surface area contributed by atoms with Crippen LogP contribution in [0.4, 0.5) is 5.82 Å². The van der Waals surface area contributed by atoms with Crippen LogP contribution in [-0.2, 0) is 6.42 Å². The third kappa shape index (κ3) is 8.15. The van der Waals surface area contributed by atoms with Gasteiger partial charge in [-0.2, -0.15) is 5.26 Å². The van der Waals surface area contributed by atoms with Crippen LogP contribution in [0.3, 0.4) is 0 Å². The van der Waals surface area contributed by atoms with E-state index in [1.807, 2.05) is 25.3 Å². The van der Waals surface area contributed by atoms with Crippen LogP contribution in [0.2, 0.25) is 5.02 Å². The van der Waals surface area contributed by atoms with E-state index in [1.54, 1.807) is 48.1 Å². The van der Waals surface area contributed by atoms with Gasteiger partial charge in [0.1, 0.15) is 41.1 Å². The molecule has 3 fully saturated rings. The summed E-state index contributed by atoms with van der Waals surface area (Å²) in [6.07, 6.45) is 12.9. The van der Waals surface area contributed by atoms with E-state index in [-0.39, 0.29) is 35.6 Å². The highest BCUT2D eigenvalue weighted by molar-refractivity contribution is 7.15. The average molecular weight is 884 g/mol. The number of hydrogen-bond donors (Lipinski definition) is 1. The Morgan fingerprint density at radius 2 is 1.81 bits per heavy atom. The number of benzene rings is 1. The number of oxazole rings is 1. The Morgan fingerprint density at radius 1 is 0.984 bits per heavy atom. The molecule has 17 heteroatoms. The summed E-state index contributed by atoms with van der Waals surface area (Å²) >= 11 is 7.89. The van der Waals surface area contributed by atoms with Crippen molar-refractivity contribution in [1.82, 2.24) is 40.2 Å². The van der Waals surface area contributed by atoms with Gasteiger partial charge >= 0.3 is 0 Å². The predicted octanol–water partition coefficient (Wildman–Crippen LogP) is 8.03. The van der Waals surface area contributed by atoms with Crippen LogP contribution in [0.1, 0.15) is 113 Å². The molecule has 2 aliphatic heterocycles. The number of aryl methyl sites for hydroxylation is 2. The number of rotatable bonds is 10. The number of carbonyl (C=O) groups excluding carboxylic acids is 1. The summed E-state index contributed by atoms with van der Waals surface area (Å²) in [4.78, 5) is 31.1. The van der Waals surface area contributed by atoms with E-state index in [9.17, 15) is 4.79 Å². The molecule has 5 aromatic heterocycles. The van der Waals surface area contributed by atoms with Crippen LogP contribution in [0, 0.1) is 37.5 Å². The Balaban J connectivity index is 0.712. The molecule has 4 aliphatic rings. The maximum Gasteiger partial charge on any atom is 0.272 e. The van der Waals surface area contributed by atoms with E-state index < -0.39 is 0 Å². The fourth-order valence-corrected chi connectivity index (χ4v) is 10.9. The van der Waals surface area contributed by atoms with Crippen molar-refractivity contribution in [3.8, 4) is 22.7 Å². The summed E-state index contributed by atoms with van der Waals surface area (Å²) in [5, 5.41) is 31.5. The monoisotopic (exact) mass is 883 g/mol. The fourth-order valence-electron chi connectivity index (χ4n) is 9.46. The van der Waals surface area contributed by atoms with Crippen molar-refractivity contribution in [2.45, 2.75) is 103 Å². The van der Waals surface area contributed by atoms with Crippen LogP contribution in [0.15, 0.2) is 70.5 Å². The van der Waals surface area contributed by atoms with E-state index in [2.05, 4.69) is 66.1 Å². The van der Waals surface area contributed by atoms with E-state index in [4.69, 9.17) is 40.7 Å². The lowest BCUT2D eigenvalue weighted by molar-refractivity contribution is -0.0332. The smallest absolute Gasteiger partial charge is 0.272 e. The number of piperidine rings is 1. The second-order valence-electron chi connectivity index (χ2n) is 17.1. The van der Waals surface area contributed by atoms with Crippen LogP contribution in [0.25, 0.3) is 5.00 Å². The van der Waals surface area contributed by atoms with Crippen LogP contribution in [0.5, 0.6) is 11.6 Å². The number of nitrogens with zero attached hydrogens (tertiary/aromatic N) is 10. The minimum absolute atomic E-state index is 0.0264. The quantitative estimate of drug-likeness (QED) is 0.140. The standard InChI is InChI=1S/C46H46ClN11O4S/c1-26-27(2)63-45-41(26)42(52-37(21-40-49-16-19-60-40)43-56-53-28(3)58(43)45)30-5-13-39(50-25-30)62-34-22-46(23-34)14-17-57(18-15-46)38-12-11-36(54-55-38)44(59)51-31-6-9-32(10-7-31)61-33-8-4-29(24-48)35(47)20-33/h4-5,8,11-13,16,19-20,25,31-32,34,37H,6-7,9-10,14-15,17-18,21-23H2,1-3H3,(H,51,59)/t31-,32-,37-/m0/s1. The van der Waals surface area contributed by atoms with Crippen LogP contribution in [-0.4, -0.2) is 77.9 Å². The van der Waals surface area contributed by atoms with E-state index in [1.165, 1.54) is 10.4 Å². The van der Waals surface area contributed by atoms with Crippen molar-refractivity contribution in [3.63, 3.8) is 0 Å². The zero-order valence-electron chi connectivity index (χ0n) is 35.3. The van der Waals surface area contributed by atoms with Crippen LogP contribution >= 0.6 is 22.9 Å². The summed E-state index contributed by atoms with van der Waals surface area (Å²) in [5.74, 6) is 4.00. The number of thiophene rings is 1. The molecule has 2 saturated carbocycles. The lowest BCUT2D eigenvalue weighted by Gasteiger charge is -2.51. The van der Waals surface area contributed by atoms with Gasteiger partial charge in [-0.1, -0.05) is 11.6 Å². The number of aliphatic imine (C=N–C) groups is 1. The molecular formula is C46H46ClN11O4S. The summed E-state index contributed by atoms with van der Waals surface area (Å²) in [7, 11) is 0. The summed E-state index contributed by atoms with van der Waals surface area (Å²) in [6.45, 7) is 8.00. The minimum atomic E-state index is -0.349. The Labute approximate surface area is 373 Å². The summed E-state index contributed by atoms with van der Waals surface area (Å²) in [5.41, 5.74) is 4.98. The highest BCUT2D eigenvalue weighted by Gasteiger charge is 2.47. The van der Waals surface area contributed by atoms with Gasteiger partial charge in [-0.25, -0.2) is 9.97 Å². The number of pyridine rings is 1. The molecule has 15 nitrogen and oxygen atoms in total. The van der Waals surface area contributed by atoms with Gasteiger partial charge in [-0.15, -0.1) is 31.7 Å². The zero-order chi connectivity index (χ0) is 43.2. The van der Waals surface area contributed by atoms with Crippen LogP contribution < -0.4 is 19.7 Å². The third-order valence-electron chi connectivity index (χ3n) is 13.1. The average Bonchev–Trinajstić information content (AvgIpc) is 3.99. The van der Waals surface area contributed by atoms with Crippen molar-refractivity contribution < 1.29 is 18.7 Å². The maximum absolute atomic E-state index is 13.1. The van der Waals surface area contributed by atoms with E-state index >= 15 is 0 Å². The SMILES string of the molecule is Cc1sc2c(c1C)C(c1ccc(OC3CC4(CCN(c5ccc(C(=O)N[C@H]6CC[C@H](Oc7ccc(C#N)c(Cl)c7)CC6)nn5)CC4)C3)nc1)=N[C@@H](Cc1ncco1)c1nnc(C)n1-2.